The SMILES string of the molecule is Cc1ccccc1CO[P@@](=O)(N[C@@H](C)C(=O)OC(C)C)OCC1OC(n2ccc(=O)[nH]c2=O)C(C)(F)C1O. The second-order valence-electron chi connectivity index (χ2n) is 9.47. The first kappa shape index (κ1) is 29.9. The molecule has 1 aromatic carbocycles. The number of hydrogen-bond donors (Lipinski definition) is 3. The molecule has 1 aliphatic rings. The van der Waals surface area contributed by atoms with Crippen molar-refractivity contribution in [1.82, 2.24) is 14.6 Å². The molecular formula is C24H33FN3O9P. The fourth-order valence-electron chi connectivity index (χ4n) is 3.80. The molecule has 2 heterocycles. The van der Waals surface area contributed by atoms with Crippen LogP contribution in [-0.4, -0.2) is 57.3 Å². The van der Waals surface area contributed by atoms with Crippen LogP contribution in [0, 0.1) is 6.92 Å². The van der Waals surface area contributed by atoms with Gasteiger partial charge in [-0.3, -0.25) is 28.2 Å². The zero-order valence-corrected chi connectivity index (χ0v) is 22.6. The van der Waals surface area contributed by atoms with Gasteiger partial charge in [-0.2, -0.15) is 0 Å². The molecule has 4 unspecified atom stereocenters. The molecule has 0 spiro atoms. The van der Waals surface area contributed by atoms with Crippen molar-refractivity contribution < 1.29 is 37.4 Å². The van der Waals surface area contributed by atoms with Crippen molar-refractivity contribution in [3.8, 4) is 0 Å². The number of nitrogens with zero attached hydrogens (tertiary/aromatic N) is 1. The second-order valence-corrected chi connectivity index (χ2v) is 11.2. The summed E-state index contributed by atoms with van der Waals surface area (Å²) in [6.07, 6.45) is -4.18. The van der Waals surface area contributed by atoms with Gasteiger partial charge in [-0.05, 0) is 45.7 Å². The number of nitrogens with one attached hydrogen (secondary N) is 2. The zero-order chi connectivity index (χ0) is 28.3. The van der Waals surface area contributed by atoms with Gasteiger partial charge >= 0.3 is 19.4 Å². The van der Waals surface area contributed by atoms with E-state index in [1.165, 1.54) is 6.92 Å². The summed E-state index contributed by atoms with van der Waals surface area (Å²) < 4.78 is 51.8. The van der Waals surface area contributed by atoms with E-state index in [2.05, 4.69) is 5.09 Å². The van der Waals surface area contributed by atoms with E-state index in [9.17, 15) is 24.1 Å². The molecule has 0 aliphatic carbocycles. The van der Waals surface area contributed by atoms with Crippen LogP contribution in [-0.2, 0) is 34.5 Å². The summed E-state index contributed by atoms with van der Waals surface area (Å²) in [6.45, 7) is 6.82. The zero-order valence-electron chi connectivity index (χ0n) is 21.8. The van der Waals surface area contributed by atoms with E-state index >= 15 is 4.39 Å². The Morgan fingerprint density at radius 3 is 2.58 bits per heavy atom. The van der Waals surface area contributed by atoms with Crippen LogP contribution >= 0.6 is 7.75 Å². The third-order valence-corrected chi connectivity index (χ3v) is 7.60. The number of hydrogen-bond acceptors (Lipinski definition) is 9. The maximum absolute atomic E-state index is 15.5. The van der Waals surface area contributed by atoms with E-state index in [0.717, 1.165) is 29.3 Å². The second kappa shape index (κ2) is 12.0. The van der Waals surface area contributed by atoms with Crippen LogP contribution in [0.2, 0.25) is 0 Å². The van der Waals surface area contributed by atoms with Gasteiger partial charge in [0.15, 0.2) is 11.9 Å². The molecule has 0 radical (unpaired) electrons. The minimum Gasteiger partial charge on any atom is -0.462 e. The first-order chi connectivity index (χ1) is 17.7. The summed E-state index contributed by atoms with van der Waals surface area (Å²) in [5.74, 6) is -0.700. The Bertz CT molecular complexity index is 1300. The number of halogens is 1. The number of H-pyrrole nitrogens is 1. The minimum absolute atomic E-state index is 0.146. The Morgan fingerprint density at radius 1 is 1.26 bits per heavy atom. The molecule has 1 fully saturated rings. The Hall–Kier alpha value is -2.67. The molecule has 1 saturated heterocycles. The number of benzene rings is 1. The summed E-state index contributed by atoms with van der Waals surface area (Å²) >= 11 is 0. The molecule has 210 valence electrons. The molecular weight excluding hydrogens is 524 g/mol. The van der Waals surface area contributed by atoms with Gasteiger partial charge in [0.05, 0.1) is 19.3 Å². The molecule has 6 atom stereocenters. The van der Waals surface area contributed by atoms with Gasteiger partial charge in [0.25, 0.3) is 5.56 Å². The summed E-state index contributed by atoms with van der Waals surface area (Å²) in [5.41, 5.74) is -2.53. The topological polar surface area (TPSA) is 158 Å². The lowest BCUT2D eigenvalue weighted by atomic mass is 9.98. The summed E-state index contributed by atoms with van der Waals surface area (Å²) in [5, 5.41) is 13.1. The highest BCUT2D eigenvalue weighted by molar-refractivity contribution is 7.51. The number of ether oxygens (including phenoxy) is 2. The number of carbonyl (C=O) groups is 1. The maximum atomic E-state index is 15.5. The van der Waals surface area contributed by atoms with Gasteiger partial charge in [-0.25, -0.2) is 18.8 Å². The van der Waals surface area contributed by atoms with Crippen LogP contribution in [0.25, 0.3) is 0 Å². The lowest BCUT2D eigenvalue weighted by Crippen LogP contribution is -2.43. The molecule has 0 bridgehead atoms. The van der Waals surface area contributed by atoms with Gasteiger partial charge in [-0.1, -0.05) is 24.3 Å². The van der Waals surface area contributed by atoms with Crippen molar-refractivity contribution >= 4 is 13.7 Å². The number of aliphatic hydroxyl groups excluding tert-OH is 1. The van der Waals surface area contributed by atoms with E-state index in [0.29, 0.717) is 5.56 Å². The smallest absolute Gasteiger partial charge is 0.406 e. The van der Waals surface area contributed by atoms with Gasteiger partial charge < -0.3 is 14.6 Å². The number of aryl methyl sites for hydroxylation is 1. The summed E-state index contributed by atoms with van der Waals surface area (Å²) in [4.78, 5) is 37.9. The largest absolute Gasteiger partial charge is 0.462 e. The number of aromatic amines is 1. The molecule has 3 rings (SSSR count). The fraction of sp³-hybridized carbons (Fsp3) is 0.542. The van der Waals surface area contributed by atoms with Crippen LogP contribution in [0.4, 0.5) is 4.39 Å². The number of alkyl halides is 1. The Morgan fingerprint density at radius 2 is 1.95 bits per heavy atom. The minimum atomic E-state index is -4.27. The standard InChI is InChI=1S/C24H33FN3O9P/c1-14(2)36-21(31)16(4)27-38(33,34-12-17-9-7-6-8-15(17)3)35-13-18-20(30)24(5,25)22(37-18)28-11-10-19(29)26-23(28)32/h6-11,14,16,18,20,22,30H,12-13H2,1-5H3,(H,27,33)(H,26,29,32)/t16-,18?,20?,22?,24?,38-/m0/s1. The van der Waals surface area contributed by atoms with Gasteiger partial charge in [0.2, 0.25) is 0 Å². The highest BCUT2D eigenvalue weighted by Gasteiger charge is 2.55. The maximum Gasteiger partial charge on any atom is 0.406 e. The van der Waals surface area contributed by atoms with Crippen LogP contribution in [0.15, 0.2) is 46.1 Å². The molecule has 1 aliphatic heterocycles. The first-order valence-electron chi connectivity index (χ1n) is 12.0. The van der Waals surface area contributed by atoms with Crippen LogP contribution in [0.3, 0.4) is 0 Å². The Labute approximate surface area is 218 Å². The lowest BCUT2D eigenvalue weighted by Gasteiger charge is -2.25. The molecule has 38 heavy (non-hydrogen) atoms. The number of rotatable bonds is 11. The number of esters is 1. The van der Waals surface area contributed by atoms with Crippen molar-refractivity contribution in [2.24, 2.45) is 0 Å². The lowest BCUT2D eigenvalue weighted by molar-refractivity contribution is -0.149. The van der Waals surface area contributed by atoms with Gasteiger partial charge in [0, 0.05) is 12.3 Å². The van der Waals surface area contributed by atoms with Crippen molar-refractivity contribution in [3.63, 3.8) is 0 Å². The molecule has 14 heteroatoms. The third kappa shape index (κ3) is 7.04. The molecule has 12 nitrogen and oxygen atoms in total. The molecule has 0 saturated carbocycles. The average Bonchev–Trinajstić information content (AvgIpc) is 3.05. The van der Waals surface area contributed by atoms with Gasteiger partial charge in [-0.15, -0.1) is 0 Å². The van der Waals surface area contributed by atoms with Gasteiger partial charge in [0.1, 0.15) is 18.2 Å². The van der Waals surface area contributed by atoms with E-state index in [1.807, 2.05) is 24.0 Å². The van der Waals surface area contributed by atoms with E-state index < -0.39 is 67.8 Å². The molecule has 2 aromatic rings. The summed E-state index contributed by atoms with van der Waals surface area (Å²) in [6, 6.07) is 7.11. The fourth-order valence-corrected chi connectivity index (χ4v) is 5.25. The van der Waals surface area contributed by atoms with E-state index in [4.69, 9.17) is 18.5 Å². The monoisotopic (exact) mass is 557 g/mol. The summed E-state index contributed by atoms with van der Waals surface area (Å²) in [7, 11) is -4.27. The highest BCUT2D eigenvalue weighted by atomic mass is 31.2. The predicted molar refractivity (Wildman–Crippen MR) is 134 cm³/mol. The quantitative estimate of drug-likeness (QED) is 0.276. The van der Waals surface area contributed by atoms with Crippen LogP contribution in [0.5, 0.6) is 0 Å². The van der Waals surface area contributed by atoms with Crippen molar-refractivity contribution in [2.75, 3.05) is 6.61 Å². The van der Waals surface area contributed by atoms with E-state index in [1.54, 1.807) is 26.0 Å². The Balaban J connectivity index is 1.79. The van der Waals surface area contributed by atoms with Crippen LogP contribution in [0.1, 0.15) is 45.0 Å². The molecule has 0 amide bonds. The Kier molecular flexibility index (Phi) is 9.45. The number of aromatic nitrogens is 2. The third-order valence-electron chi connectivity index (χ3n) is 5.94. The first-order valence-corrected chi connectivity index (χ1v) is 13.5. The predicted octanol–water partition coefficient (Wildman–Crippen LogP) is 2.10. The highest BCUT2D eigenvalue weighted by Crippen LogP contribution is 2.48. The molecule has 3 N–H and O–H groups in total. The normalized spacial score (nSPS) is 25.7. The van der Waals surface area contributed by atoms with Crippen LogP contribution < -0.4 is 16.3 Å². The average molecular weight is 558 g/mol. The van der Waals surface area contributed by atoms with Crippen molar-refractivity contribution in [1.29, 1.82) is 0 Å². The number of aliphatic hydroxyl groups is 1. The molecule has 1 aromatic heterocycles. The van der Waals surface area contributed by atoms with Crippen molar-refractivity contribution in [3.05, 3.63) is 68.5 Å². The van der Waals surface area contributed by atoms with Crippen molar-refractivity contribution in [2.45, 2.75) is 77.5 Å². The van der Waals surface area contributed by atoms with E-state index in [-0.39, 0.29) is 6.61 Å². The number of carbonyl (C=O) groups excluding carboxylic acids is 1.